The number of rotatable bonds is 8. The summed E-state index contributed by atoms with van der Waals surface area (Å²) < 4.78 is 19.7. The first-order chi connectivity index (χ1) is 14.7. The molecule has 0 aliphatic carbocycles. The van der Waals surface area contributed by atoms with Gasteiger partial charge < -0.3 is 19.5 Å². The Bertz CT molecular complexity index is 784. The van der Waals surface area contributed by atoms with E-state index < -0.39 is 5.91 Å². The number of hydrogen-bond acceptors (Lipinski definition) is 8. The fourth-order valence-corrected chi connectivity index (χ4v) is 4.76. The molecule has 0 aromatic carbocycles. The highest BCUT2D eigenvalue weighted by Gasteiger charge is 2.50. The molecule has 8 heteroatoms. The van der Waals surface area contributed by atoms with E-state index in [9.17, 15) is 0 Å². The van der Waals surface area contributed by atoms with Crippen molar-refractivity contribution in [1.29, 1.82) is 0 Å². The number of piperidine rings is 2. The monoisotopic (exact) mass is 432 g/mol. The van der Waals surface area contributed by atoms with Gasteiger partial charge in [-0.25, -0.2) is 4.98 Å². The van der Waals surface area contributed by atoms with Gasteiger partial charge in [0.05, 0.1) is 35.7 Å². The second-order valence-corrected chi connectivity index (χ2v) is 9.09. The average molecular weight is 433 g/mol. The van der Waals surface area contributed by atoms with E-state index in [-0.39, 0.29) is 12.2 Å². The van der Waals surface area contributed by atoms with Crippen molar-refractivity contribution >= 4 is 11.3 Å². The zero-order chi connectivity index (χ0) is 20.8. The Kier molecular flexibility index (Phi) is 7.45. The van der Waals surface area contributed by atoms with E-state index in [2.05, 4.69) is 32.6 Å². The van der Waals surface area contributed by atoms with Gasteiger partial charge in [-0.3, -0.25) is 9.88 Å². The van der Waals surface area contributed by atoms with Crippen molar-refractivity contribution < 1.29 is 14.2 Å². The Morgan fingerprint density at radius 3 is 2.80 bits per heavy atom. The summed E-state index contributed by atoms with van der Waals surface area (Å²) in [5, 5.41) is 6.51. The van der Waals surface area contributed by atoms with Crippen molar-refractivity contribution in [3.05, 3.63) is 46.2 Å². The standard InChI is InChI=1S/C22H32N4O3S/c1-17-25-19(16-30-17)15-28-22(29-20-8-11-23-12-9-20)21(7-5-13-26(22)2)27-14-18-6-3-4-10-24-18/h3-4,6,10,16,20-21,23H,5,7-9,11-15H2,1-2H3. The second kappa shape index (κ2) is 10.3. The van der Waals surface area contributed by atoms with Crippen molar-refractivity contribution in [3.63, 3.8) is 0 Å². The SMILES string of the molecule is Cc1nc(COC2(OC3CCNCC3)C(OCc3ccccn3)CCCN2C)cs1. The van der Waals surface area contributed by atoms with E-state index in [0.717, 1.165) is 61.7 Å². The first-order valence-corrected chi connectivity index (χ1v) is 11.7. The smallest absolute Gasteiger partial charge is 0.258 e. The van der Waals surface area contributed by atoms with Gasteiger partial charge in [-0.05, 0) is 64.9 Å². The summed E-state index contributed by atoms with van der Waals surface area (Å²) in [6.45, 7) is 5.70. The molecule has 0 spiro atoms. The van der Waals surface area contributed by atoms with Gasteiger partial charge in [-0.2, -0.15) is 0 Å². The molecule has 0 radical (unpaired) electrons. The van der Waals surface area contributed by atoms with Gasteiger partial charge in [-0.15, -0.1) is 11.3 Å². The maximum Gasteiger partial charge on any atom is 0.258 e. The Morgan fingerprint density at radius 1 is 1.20 bits per heavy atom. The van der Waals surface area contributed by atoms with Crippen molar-refractivity contribution in [2.45, 2.75) is 63.9 Å². The molecule has 4 heterocycles. The van der Waals surface area contributed by atoms with Crippen LogP contribution >= 0.6 is 11.3 Å². The van der Waals surface area contributed by atoms with Gasteiger partial charge in [0.1, 0.15) is 6.10 Å². The van der Waals surface area contributed by atoms with Gasteiger partial charge in [0.2, 0.25) is 0 Å². The number of thiazole rings is 1. The van der Waals surface area contributed by atoms with Crippen LogP contribution in [0, 0.1) is 6.92 Å². The van der Waals surface area contributed by atoms with E-state index >= 15 is 0 Å². The third kappa shape index (κ3) is 5.25. The molecule has 7 nitrogen and oxygen atoms in total. The molecule has 2 unspecified atom stereocenters. The number of likely N-dealkylation sites (N-methyl/N-ethyl adjacent to an activating group) is 1. The van der Waals surface area contributed by atoms with E-state index in [1.165, 1.54) is 0 Å². The van der Waals surface area contributed by atoms with Crippen LogP contribution in [0.5, 0.6) is 0 Å². The zero-order valence-electron chi connectivity index (χ0n) is 17.9. The Hall–Kier alpha value is -1.42. The number of pyridine rings is 1. The van der Waals surface area contributed by atoms with Crippen molar-refractivity contribution in [1.82, 2.24) is 20.2 Å². The topological polar surface area (TPSA) is 68.7 Å². The molecule has 0 amide bonds. The molecule has 2 atom stereocenters. The number of hydrogen-bond donors (Lipinski definition) is 1. The van der Waals surface area contributed by atoms with Crippen LogP contribution in [0.1, 0.15) is 42.1 Å². The van der Waals surface area contributed by atoms with Gasteiger partial charge in [0.15, 0.2) is 0 Å². The molecule has 0 bridgehead atoms. The molecule has 2 saturated heterocycles. The maximum absolute atomic E-state index is 6.76. The van der Waals surface area contributed by atoms with Crippen molar-refractivity contribution in [2.24, 2.45) is 0 Å². The number of nitrogens with one attached hydrogen (secondary N) is 1. The zero-order valence-corrected chi connectivity index (χ0v) is 18.7. The van der Waals surface area contributed by atoms with E-state index in [0.29, 0.717) is 13.2 Å². The predicted octanol–water partition coefficient (Wildman–Crippen LogP) is 3.10. The summed E-state index contributed by atoms with van der Waals surface area (Å²) in [6, 6.07) is 5.89. The minimum absolute atomic E-state index is 0.143. The molecule has 2 aliphatic rings. The Labute approximate surface area is 182 Å². The molecular weight excluding hydrogens is 400 g/mol. The molecule has 2 aromatic rings. The lowest BCUT2D eigenvalue weighted by Crippen LogP contribution is -2.64. The van der Waals surface area contributed by atoms with Crippen LogP contribution in [0.4, 0.5) is 0 Å². The molecule has 2 aromatic heterocycles. The second-order valence-electron chi connectivity index (χ2n) is 8.03. The summed E-state index contributed by atoms with van der Waals surface area (Å²) in [5.41, 5.74) is 1.85. The molecule has 2 aliphatic heterocycles. The fourth-order valence-electron chi connectivity index (χ4n) is 4.16. The number of ether oxygens (including phenoxy) is 3. The van der Waals surface area contributed by atoms with Crippen LogP contribution < -0.4 is 5.32 Å². The van der Waals surface area contributed by atoms with Gasteiger partial charge in [-0.1, -0.05) is 6.07 Å². The molecule has 164 valence electrons. The number of aryl methyl sites for hydroxylation is 1. The third-order valence-electron chi connectivity index (χ3n) is 5.77. The lowest BCUT2D eigenvalue weighted by atomic mass is 10.0. The molecular formula is C22H32N4O3S. The first-order valence-electron chi connectivity index (χ1n) is 10.8. The number of nitrogens with zero attached hydrogens (tertiary/aromatic N) is 3. The summed E-state index contributed by atoms with van der Waals surface area (Å²) in [5.74, 6) is -0.924. The average Bonchev–Trinajstić information content (AvgIpc) is 3.20. The van der Waals surface area contributed by atoms with Crippen molar-refractivity contribution in [3.8, 4) is 0 Å². The summed E-state index contributed by atoms with van der Waals surface area (Å²) >= 11 is 1.64. The summed E-state index contributed by atoms with van der Waals surface area (Å²) in [6.07, 6.45) is 5.62. The third-order valence-corrected chi connectivity index (χ3v) is 6.59. The molecule has 30 heavy (non-hydrogen) atoms. The van der Waals surface area contributed by atoms with Gasteiger partial charge in [0, 0.05) is 18.1 Å². The minimum Gasteiger partial charge on any atom is -0.365 e. The highest BCUT2D eigenvalue weighted by molar-refractivity contribution is 7.09. The van der Waals surface area contributed by atoms with Gasteiger partial charge >= 0.3 is 0 Å². The van der Waals surface area contributed by atoms with Crippen molar-refractivity contribution in [2.75, 3.05) is 26.7 Å². The lowest BCUT2D eigenvalue weighted by molar-refractivity contribution is -0.387. The molecule has 0 saturated carbocycles. The fraction of sp³-hybridized carbons (Fsp3) is 0.636. The largest absolute Gasteiger partial charge is 0.365 e. The minimum atomic E-state index is -0.924. The Balaban J connectivity index is 1.54. The molecule has 1 N–H and O–H groups in total. The van der Waals surface area contributed by atoms with E-state index in [4.69, 9.17) is 14.2 Å². The van der Waals surface area contributed by atoms with Crippen LogP contribution in [0.3, 0.4) is 0 Å². The van der Waals surface area contributed by atoms with Crippen LogP contribution in [0.25, 0.3) is 0 Å². The first kappa shape index (κ1) is 21.8. The molecule has 2 fully saturated rings. The summed E-state index contributed by atoms with van der Waals surface area (Å²) in [4.78, 5) is 11.2. The van der Waals surface area contributed by atoms with E-state index in [1.54, 1.807) is 17.5 Å². The van der Waals surface area contributed by atoms with Crippen LogP contribution in [-0.4, -0.2) is 59.7 Å². The highest BCUT2D eigenvalue weighted by Crippen LogP contribution is 2.36. The van der Waals surface area contributed by atoms with Crippen LogP contribution in [-0.2, 0) is 27.4 Å². The van der Waals surface area contributed by atoms with Crippen LogP contribution in [0.15, 0.2) is 29.8 Å². The van der Waals surface area contributed by atoms with E-state index in [1.807, 2.05) is 25.1 Å². The maximum atomic E-state index is 6.76. The van der Waals surface area contributed by atoms with Gasteiger partial charge in [0.25, 0.3) is 5.91 Å². The normalized spacial score (nSPS) is 26.1. The molecule has 4 rings (SSSR count). The predicted molar refractivity (Wildman–Crippen MR) is 116 cm³/mol. The summed E-state index contributed by atoms with van der Waals surface area (Å²) in [7, 11) is 2.07. The highest BCUT2D eigenvalue weighted by atomic mass is 32.1. The number of aromatic nitrogens is 2. The Morgan fingerprint density at radius 2 is 2.07 bits per heavy atom. The lowest BCUT2D eigenvalue weighted by Gasteiger charge is -2.50. The van der Waals surface area contributed by atoms with Crippen LogP contribution in [0.2, 0.25) is 0 Å². The number of likely N-dealkylation sites (tertiary alicyclic amines) is 1. The quantitative estimate of drug-likeness (QED) is 0.643.